The number of nitrogens with zero attached hydrogens (tertiary/aromatic N) is 3. The Labute approximate surface area is 141 Å². The van der Waals surface area contributed by atoms with Crippen molar-refractivity contribution in [1.82, 2.24) is 9.55 Å². The number of fused-ring (bicyclic) bond motifs is 1. The minimum absolute atomic E-state index is 0.0304. The van der Waals surface area contributed by atoms with Crippen LogP contribution in [0.15, 0.2) is 36.9 Å². The summed E-state index contributed by atoms with van der Waals surface area (Å²) in [6.07, 6.45) is 6.78. The summed E-state index contributed by atoms with van der Waals surface area (Å²) in [5.74, 6) is 0.661. The fourth-order valence-electron chi connectivity index (χ4n) is 2.91. The number of benzene rings is 1. The number of hydrogen-bond acceptors (Lipinski definition) is 4. The van der Waals surface area contributed by atoms with Crippen LogP contribution in [0.2, 0.25) is 0 Å². The standard InChI is InChI=1S/C18H23N3O3/c1-3-4-5-17-18(23)20(2)14-10-13(6-7-16(14)24-17)15(22)11-21-9-8-19-12-21/h6-10,12,15,17,22H,3-5,11H2,1-2H3/t15-,17-/m0/s1. The minimum atomic E-state index is -0.675. The molecule has 2 heterocycles. The van der Waals surface area contributed by atoms with Gasteiger partial charge in [0, 0.05) is 19.4 Å². The second-order valence-corrected chi connectivity index (χ2v) is 6.15. The van der Waals surface area contributed by atoms with Gasteiger partial charge in [-0.25, -0.2) is 4.98 Å². The molecule has 6 heteroatoms. The number of aliphatic hydroxyl groups excluding tert-OH is 1. The predicted molar refractivity (Wildman–Crippen MR) is 91.0 cm³/mol. The van der Waals surface area contributed by atoms with Crippen LogP contribution in [0.4, 0.5) is 5.69 Å². The summed E-state index contributed by atoms with van der Waals surface area (Å²) < 4.78 is 7.68. The predicted octanol–water partition coefficient (Wildman–Crippen LogP) is 2.53. The summed E-state index contributed by atoms with van der Waals surface area (Å²) in [5.41, 5.74) is 1.45. The molecule has 1 amide bonds. The number of rotatable bonds is 6. The summed E-state index contributed by atoms with van der Waals surface area (Å²) in [5, 5.41) is 10.4. The van der Waals surface area contributed by atoms with Gasteiger partial charge in [-0.15, -0.1) is 0 Å². The number of hydrogen-bond donors (Lipinski definition) is 1. The highest BCUT2D eigenvalue weighted by atomic mass is 16.5. The van der Waals surface area contributed by atoms with Gasteiger partial charge in [-0.1, -0.05) is 19.4 Å². The number of likely N-dealkylation sites (N-methyl/N-ethyl adjacent to an activating group) is 1. The van der Waals surface area contributed by atoms with Gasteiger partial charge in [-0.2, -0.15) is 0 Å². The second kappa shape index (κ2) is 7.05. The van der Waals surface area contributed by atoms with Crippen LogP contribution in [-0.2, 0) is 11.3 Å². The molecule has 0 saturated carbocycles. The fraction of sp³-hybridized carbons (Fsp3) is 0.444. The molecule has 2 aromatic rings. The van der Waals surface area contributed by atoms with E-state index in [9.17, 15) is 9.90 Å². The third kappa shape index (κ3) is 3.28. The second-order valence-electron chi connectivity index (χ2n) is 6.15. The molecule has 1 aromatic carbocycles. The highest BCUT2D eigenvalue weighted by molar-refractivity contribution is 5.99. The molecule has 0 saturated heterocycles. The van der Waals surface area contributed by atoms with Crippen LogP contribution >= 0.6 is 0 Å². The maximum atomic E-state index is 12.5. The first-order valence-electron chi connectivity index (χ1n) is 8.32. The lowest BCUT2D eigenvalue weighted by molar-refractivity contribution is -0.126. The maximum absolute atomic E-state index is 12.5. The first-order valence-corrected chi connectivity index (χ1v) is 8.32. The van der Waals surface area contributed by atoms with E-state index < -0.39 is 12.2 Å². The van der Waals surface area contributed by atoms with Crippen LogP contribution in [0.25, 0.3) is 0 Å². The number of aromatic nitrogens is 2. The summed E-state index contributed by atoms with van der Waals surface area (Å²) in [6.45, 7) is 2.51. The summed E-state index contributed by atoms with van der Waals surface area (Å²) in [7, 11) is 1.76. The molecule has 0 unspecified atom stereocenters. The number of amides is 1. The lowest BCUT2D eigenvalue weighted by Gasteiger charge is -2.32. The third-order valence-electron chi connectivity index (χ3n) is 4.37. The topological polar surface area (TPSA) is 67.6 Å². The molecule has 1 aliphatic heterocycles. The number of imidazole rings is 1. The quantitative estimate of drug-likeness (QED) is 0.884. The number of unbranched alkanes of at least 4 members (excludes halogenated alkanes) is 1. The monoisotopic (exact) mass is 329 g/mol. The third-order valence-corrected chi connectivity index (χ3v) is 4.37. The molecule has 1 aromatic heterocycles. The Morgan fingerprint density at radius 1 is 1.42 bits per heavy atom. The Morgan fingerprint density at radius 2 is 2.25 bits per heavy atom. The molecule has 0 spiro atoms. The Kier molecular flexibility index (Phi) is 4.85. The number of ether oxygens (including phenoxy) is 1. The first-order chi connectivity index (χ1) is 11.6. The molecule has 128 valence electrons. The van der Waals surface area contributed by atoms with E-state index in [1.165, 1.54) is 0 Å². The van der Waals surface area contributed by atoms with Crippen molar-refractivity contribution in [2.75, 3.05) is 11.9 Å². The molecule has 0 aliphatic carbocycles. The highest BCUT2D eigenvalue weighted by Crippen LogP contribution is 2.36. The number of aliphatic hydroxyl groups is 1. The first kappa shape index (κ1) is 16.5. The summed E-state index contributed by atoms with van der Waals surface area (Å²) in [4.78, 5) is 18.1. The average molecular weight is 329 g/mol. The van der Waals surface area contributed by atoms with Crippen LogP contribution in [0.3, 0.4) is 0 Å². The van der Waals surface area contributed by atoms with E-state index in [1.54, 1.807) is 30.7 Å². The van der Waals surface area contributed by atoms with Gasteiger partial charge in [0.1, 0.15) is 5.75 Å². The number of carbonyl (C=O) groups excluding carboxylic acids is 1. The van der Waals surface area contributed by atoms with E-state index in [0.29, 0.717) is 18.0 Å². The Bertz CT molecular complexity index is 700. The van der Waals surface area contributed by atoms with Crippen LogP contribution in [0.1, 0.15) is 37.9 Å². The number of anilines is 1. The Morgan fingerprint density at radius 3 is 2.96 bits per heavy atom. The largest absolute Gasteiger partial charge is 0.478 e. The SMILES string of the molecule is CCCC[C@@H]1Oc2ccc([C@@H](O)Cn3ccnc3)cc2N(C)C1=O. The van der Waals surface area contributed by atoms with Crippen molar-refractivity contribution in [3.05, 3.63) is 42.5 Å². The van der Waals surface area contributed by atoms with E-state index in [-0.39, 0.29) is 5.91 Å². The summed E-state index contributed by atoms with van der Waals surface area (Å²) >= 11 is 0. The molecule has 1 aliphatic rings. The lowest BCUT2D eigenvalue weighted by atomic mass is 10.0. The van der Waals surface area contributed by atoms with Gasteiger partial charge in [0.15, 0.2) is 6.10 Å². The van der Waals surface area contributed by atoms with Crippen LogP contribution < -0.4 is 9.64 Å². The molecule has 2 atom stereocenters. The Balaban J connectivity index is 1.79. The average Bonchev–Trinajstić information content (AvgIpc) is 3.09. The van der Waals surface area contributed by atoms with Gasteiger partial charge in [0.2, 0.25) is 0 Å². The van der Waals surface area contributed by atoms with Crippen molar-refractivity contribution in [1.29, 1.82) is 0 Å². The molecular weight excluding hydrogens is 306 g/mol. The van der Waals surface area contributed by atoms with Crippen LogP contribution in [0, 0.1) is 0 Å². The fourth-order valence-corrected chi connectivity index (χ4v) is 2.91. The minimum Gasteiger partial charge on any atom is -0.478 e. The smallest absolute Gasteiger partial charge is 0.267 e. The molecule has 1 N–H and O–H groups in total. The van der Waals surface area contributed by atoms with Crippen molar-refractivity contribution in [3.63, 3.8) is 0 Å². The molecular formula is C18H23N3O3. The highest BCUT2D eigenvalue weighted by Gasteiger charge is 2.32. The molecule has 6 nitrogen and oxygen atoms in total. The van der Waals surface area contributed by atoms with E-state index >= 15 is 0 Å². The van der Waals surface area contributed by atoms with Crippen molar-refractivity contribution >= 4 is 11.6 Å². The number of carbonyl (C=O) groups is 1. The van der Waals surface area contributed by atoms with Gasteiger partial charge >= 0.3 is 0 Å². The van der Waals surface area contributed by atoms with E-state index in [1.807, 2.05) is 22.8 Å². The van der Waals surface area contributed by atoms with E-state index in [4.69, 9.17) is 4.74 Å². The Hall–Kier alpha value is -2.34. The van der Waals surface area contributed by atoms with Gasteiger partial charge in [-0.05, 0) is 30.5 Å². The van der Waals surface area contributed by atoms with Gasteiger partial charge in [0.25, 0.3) is 5.91 Å². The van der Waals surface area contributed by atoms with Crippen molar-refractivity contribution in [3.8, 4) is 5.75 Å². The lowest BCUT2D eigenvalue weighted by Crippen LogP contribution is -2.43. The van der Waals surface area contributed by atoms with Gasteiger partial charge in [-0.3, -0.25) is 4.79 Å². The van der Waals surface area contributed by atoms with Crippen molar-refractivity contribution < 1.29 is 14.6 Å². The molecule has 0 radical (unpaired) electrons. The van der Waals surface area contributed by atoms with E-state index in [2.05, 4.69) is 11.9 Å². The zero-order valence-electron chi connectivity index (χ0n) is 14.1. The molecule has 0 bridgehead atoms. The van der Waals surface area contributed by atoms with Crippen LogP contribution in [0.5, 0.6) is 5.75 Å². The molecule has 24 heavy (non-hydrogen) atoms. The summed E-state index contributed by atoms with van der Waals surface area (Å²) in [6, 6.07) is 5.51. The zero-order valence-corrected chi connectivity index (χ0v) is 14.1. The van der Waals surface area contributed by atoms with Gasteiger partial charge < -0.3 is 19.3 Å². The maximum Gasteiger partial charge on any atom is 0.267 e. The van der Waals surface area contributed by atoms with Crippen LogP contribution in [-0.4, -0.2) is 33.7 Å². The normalized spacial score (nSPS) is 18.2. The molecule has 3 rings (SSSR count). The van der Waals surface area contributed by atoms with Gasteiger partial charge in [0.05, 0.1) is 24.7 Å². The molecule has 0 fully saturated rings. The zero-order chi connectivity index (χ0) is 17.1. The van der Waals surface area contributed by atoms with Crippen molar-refractivity contribution in [2.45, 2.75) is 44.9 Å². The van der Waals surface area contributed by atoms with Crippen molar-refractivity contribution in [2.24, 2.45) is 0 Å². The van der Waals surface area contributed by atoms with E-state index in [0.717, 1.165) is 24.8 Å².